The van der Waals surface area contributed by atoms with Gasteiger partial charge >= 0.3 is 0 Å². The minimum absolute atomic E-state index is 0.505. The summed E-state index contributed by atoms with van der Waals surface area (Å²) in [7, 11) is 0. The van der Waals surface area contributed by atoms with Crippen molar-refractivity contribution in [2.45, 2.75) is 82.9 Å². The molecule has 1 fully saturated rings. The van der Waals surface area contributed by atoms with Crippen molar-refractivity contribution in [3.05, 3.63) is 0 Å². The minimum atomic E-state index is 0.505. The van der Waals surface area contributed by atoms with E-state index in [0.29, 0.717) is 11.3 Å². The summed E-state index contributed by atoms with van der Waals surface area (Å²) in [5, 5.41) is 0.687. The molecule has 0 aliphatic carbocycles. The standard InChI is InChI=1S/C16H31NOS/c1-3-5-7-9-10-15-16(11-8-6-4-2)19-13-12-17(15)14-18/h14-16H,3-13H2,1-2H3. The minimum Gasteiger partial charge on any atom is -0.340 e. The molecule has 0 bridgehead atoms. The molecular weight excluding hydrogens is 254 g/mol. The van der Waals surface area contributed by atoms with E-state index in [1.807, 2.05) is 0 Å². The first-order valence-electron chi connectivity index (χ1n) is 8.16. The molecule has 0 spiro atoms. The Morgan fingerprint density at radius 1 is 1.05 bits per heavy atom. The van der Waals surface area contributed by atoms with Gasteiger partial charge in [0, 0.05) is 23.6 Å². The van der Waals surface area contributed by atoms with Crippen LogP contribution < -0.4 is 0 Å². The van der Waals surface area contributed by atoms with E-state index in [-0.39, 0.29) is 0 Å². The fraction of sp³-hybridized carbons (Fsp3) is 0.938. The van der Waals surface area contributed by atoms with Crippen molar-refractivity contribution in [3.8, 4) is 0 Å². The number of hydrogen-bond acceptors (Lipinski definition) is 2. The third-order valence-electron chi connectivity index (χ3n) is 4.12. The predicted octanol–water partition coefficient (Wildman–Crippen LogP) is 4.48. The smallest absolute Gasteiger partial charge is 0.210 e. The molecule has 1 aliphatic rings. The number of carbonyl (C=O) groups excluding carboxylic acids is 1. The molecule has 19 heavy (non-hydrogen) atoms. The van der Waals surface area contributed by atoms with Gasteiger partial charge in [0.15, 0.2) is 0 Å². The summed E-state index contributed by atoms with van der Waals surface area (Å²) < 4.78 is 0. The van der Waals surface area contributed by atoms with Gasteiger partial charge in [0.05, 0.1) is 0 Å². The largest absolute Gasteiger partial charge is 0.340 e. The topological polar surface area (TPSA) is 20.3 Å². The van der Waals surface area contributed by atoms with E-state index in [4.69, 9.17) is 0 Å². The van der Waals surface area contributed by atoms with Gasteiger partial charge in [-0.05, 0) is 12.8 Å². The molecule has 112 valence electrons. The number of hydrogen-bond donors (Lipinski definition) is 0. The summed E-state index contributed by atoms with van der Waals surface area (Å²) in [5.74, 6) is 1.13. The Bertz CT molecular complexity index is 235. The number of nitrogens with zero attached hydrogens (tertiary/aromatic N) is 1. The van der Waals surface area contributed by atoms with Gasteiger partial charge in [-0.2, -0.15) is 11.8 Å². The summed E-state index contributed by atoms with van der Waals surface area (Å²) in [6, 6.07) is 0.505. The Kier molecular flexibility index (Phi) is 9.40. The maximum absolute atomic E-state index is 11.3. The van der Waals surface area contributed by atoms with Crippen LogP contribution in [0.25, 0.3) is 0 Å². The highest BCUT2D eigenvalue weighted by molar-refractivity contribution is 8.00. The van der Waals surface area contributed by atoms with Crippen LogP contribution in [0.15, 0.2) is 0 Å². The van der Waals surface area contributed by atoms with Crippen LogP contribution in [0.3, 0.4) is 0 Å². The lowest BCUT2D eigenvalue weighted by Gasteiger charge is -2.39. The fourth-order valence-corrected chi connectivity index (χ4v) is 4.40. The molecule has 1 saturated heterocycles. The fourth-order valence-electron chi connectivity index (χ4n) is 2.93. The van der Waals surface area contributed by atoms with Crippen LogP contribution >= 0.6 is 11.8 Å². The van der Waals surface area contributed by atoms with E-state index < -0.39 is 0 Å². The van der Waals surface area contributed by atoms with Crippen LogP contribution in [0, 0.1) is 0 Å². The molecule has 1 heterocycles. The summed E-state index contributed by atoms with van der Waals surface area (Å²) >= 11 is 2.10. The van der Waals surface area contributed by atoms with Crippen LogP contribution in [0.5, 0.6) is 0 Å². The maximum atomic E-state index is 11.3. The number of carbonyl (C=O) groups is 1. The lowest BCUT2D eigenvalue weighted by molar-refractivity contribution is -0.120. The number of rotatable bonds is 10. The molecule has 3 heteroatoms. The van der Waals surface area contributed by atoms with E-state index in [1.54, 1.807) is 0 Å². The highest BCUT2D eigenvalue weighted by Crippen LogP contribution is 2.31. The van der Waals surface area contributed by atoms with E-state index in [2.05, 4.69) is 30.5 Å². The van der Waals surface area contributed by atoms with Crippen LogP contribution in [0.1, 0.15) is 71.6 Å². The van der Waals surface area contributed by atoms with E-state index >= 15 is 0 Å². The van der Waals surface area contributed by atoms with Crippen LogP contribution in [0.4, 0.5) is 0 Å². The zero-order chi connectivity index (χ0) is 13.9. The van der Waals surface area contributed by atoms with E-state index in [0.717, 1.165) is 18.7 Å². The maximum Gasteiger partial charge on any atom is 0.210 e. The normalized spacial score (nSPS) is 23.6. The first-order valence-corrected chi connectivity index (χ1v) is 9.21. The van der Waals surface area contributed by atoms with Gasteiger partial charge in [0.1, 0.15) is 0 Å². The van der Waals surface area contributed by atoms with E-state index in [9.17, 15) is 4.79 Å². The number of unbranched alkanes of at least 4 members (excludes halogenated alkanes) is 5. The third-order valence-corrected chi connectivity index (χ3v) is 5.51. The highest BCUT2D eigenvalue weighted by Gasteiger charge is 2.30. The summed E-state index contributed by atoms with van der Waals surface area (Å²) in [5.41, 5.74) is 0. The first-order chi connectivity index (χ1) is 9.33. The molecule has 2 unspecified atom stereocenters. The van der Waals surface area contributed by atoms with Crippen LogP contribution in [0.2, 0.25) is 0 Å². The second-order valence-electron chi connectivity index (χ2n) is 5.66. The molecular formula is C16H31NOS. The van der Waals surface area contributed by atoms with E-state index in [1.165, 1.54) is 57.8 Å². The van der Waals surface area contributed by atoms with Crippen molar-refractivity contribution >= 4 is 18.2 Å². The van der Waals surface area contributed by atoms with Gasteiger partial charge in [0.25, 0.3) is 0 Å². The number of amides is 1. The molecule has 1 aliphatic heterocycles. The average molecular weight is 285 g/mol. The molecule has 0 radical (unpaired) electrons. The van der Waals surface area contributed by atoms with Crippen LogP contribution in [-0.4, -0.2) is 34.9 Å². The molecule has 0 N–H and O–H groups in total. The monoisotopic (exact) mass is 285 g/mol. The van der Waals surface area contributed by atoms with Gasteiger partial charge in [-0.15, -0.1) is 0 Å². The molecule has 1 rings (SSSR count). The Morgan fingerprint density at radius 2 is 1.74 bits per heavy atom. The Morgan fingerprint density at radius 3 is 2.42 bits per heavy atom. The lowest BCUT2D eigenvalue weighted by atomic mass is 9.99. The summed E-state index contributed by atoms with van der Waals surface area (Å²) in [6.07, 6.45) is 12.8. The Labute approximate surface area is 123 Å². The molecule has 0 aromatic heterocycles. The quantitative estimate of drug-likeness (QED) is 0.436. The molecule has 1 amide bonds. The SMILES string of the molecule is CCCCCCC1C(CCCCC)SCCN1C=O. The lowest BCUT2D eigenvalue weighted by Crippen LogP contribution is -2.46. The summed E-state index contributed by atoms with van der Waals surface area (Å²) in [4.78, 5) is 13.3. The van der Waals surface area contributed by atoms with Crippen molar-refractivity contribution in [3.63, 3.8) is 0 Å². The Balaban J connectivity index is 2.41. The second-order valence-corrected chi connectivity index (χ2v) is 7.01. The van der Waals surface area contributed by atoms with Crippen molar-refractivity contribution in [1.29, 1.82) is 0 Å². The highest BCUT2D eigenvalue weighted by atomic mass is 32.2. The van der Waals surface area contributed by atoms with Crippen molar-refractivity contribution < 1.29 is 4.79 Å². The molecule has 0 saturated carbocycles. The van der Waals surface area contributed by atoms with Gasteiger partial charge in [0.2, 0.25) is 6.41 Å². The molecule has 2 nitrogen and oxygen atoms in total. The van der Waals surface area contributed by atoms with Gasteiger partial charge in [-0.1, -0.05) is 58.8 Å². The first kappa shape index (κ1) is 16.9. The van der Waals surface area contributed by atoms with Gasteiger partial charge in [-0.25, -0.2) is 0 Å². The zero-order valence-electron chi connectivity index (χ0n) is 12.8. The second kappa shape index (κ2) is 10.6. The Hall–Kier alpha value is -0.180. The molecule has 2 atom stereocenters. The molecule has 0 aromatic carbocycles. The van der Waals surface area contributed by atoms with Crippen molar-refractivity contribution in [2.24, 2.45) is 0 Å². The predicted molar refractivity (Wildman–Crippen MR) is 85.7 cm³/mol. The van der Waals surface area contributed by atoms with Gasteiger partial charge in [-0.3, -0.25) is 4.79 Å². The molecule has 0 aromatic rings. The summed E-state index contributed by atoms with van der Waals surface area (Å²) in [6.45, 7) is 5.46. The number of thioether (sulfide) groups is 1. The third kappa shape index (κ3) is 6.20. The van der Waals surface area contributed by atoms with Crippen molar-refractivity contribution in [2.75, 3.05) is 12.3 Å². The van der Waals surface area contributed by atoms with Crippen molar-refractivity contribution in [1.82, 2.24) is 4.90 Å². The van der Waals surface area contributed by atoms with Gasteiger partial charge < -0.3 is 4.90 Å². The average Bonchev–Trinajstić information content (AvgIpc) is 2.44. The zero-order valence-corrected chi connectivity index (χ0v) is 13.6. The van der Waals surface area contributed by atoms with Crippen LogP contribution in [-0.2, 0) is 4.79 Å².